The molecule has 0 saturated carbocycles. The van der Waals surface area contributed by atoms with Gasteiger partial charge in [0.1, 0.15) is 23.1 Å². The Morgan fingerprint density at radius 1 is 1.00 bits per heavy atom. The lowest BCUT2D eigenvalue weighted by molar-refractivity contribution is 0.0600. The molecule has 7 nitrogen and oxygen atoms in total. The van der Waals surface area contributed by atoms with Crippen molar-refractivity contribution in [1.29, 1.82) is 5.26 Å². The summed E-state index contributed by atoms with van der Waals surface area (Å²) in [5.74, 6) is -0.826. The van der Waals surface area contributed by atoms with E-state index in [1.807, 2.05) is 13.0 Å². The number of hydrogen-bond donors (Lipinski definition) is 1. The SMILES string of the molecule is COC(=O)c1ccc(C2C(C#N)=C(N)Oc3cc(OC(=O)c4cccc(C)c4)ccc32)cc1. The number of ether oxygens (including phenoxy) is 3. The van der Waals surface area contributed by atoms with Crippen LogP contribution >= 0.6 is 0 Å². The number of carbonyl (C=O) groups is 2. The fraction of sp³-hybridized carbons (Fsp3) is 0.115. The lowest BCUT2D eigenvalue weighted by Gasteiger charge is -2.26. The molecule has 0 spiro atoms. The van der Waals surface area contributed by atoms with Crippen LogP contribution in [0.3, 0.4) is 0 Å². The summed E-state index contributed by atoms with van der Waals surface area (Å²) in [4.78, 5) is 24.3. The van der Waals surface area contributed by atoms with E-state index in [9.17, 15) is 14.9 Å². The zero-order valence-electron chi connectivity index (χ0n) is 18.0. The van der Waals surface area contributed by atoms with Crippen LogP contribution in [-0.4, -0.2) is 19.0 Å². The minimum Gasteiger partial charge on any atom is -0.465 e. The Morgan fingerprint density at radius 3 is 2.42 bits per heavy atom. The Labute approximate surface area is 190 Å². The average Bonchev–Trinajstić information content (AvgIpc) is 2.82. The van der Waals surface area contributed by atoms with Crippen molar-refractivity contribution in [3.05, 3.63) is 106 Å². The van der Waals surface area contributed by atoms with Crippen LogP contribution in [0.15, 0.2) is 78.2 Å². The molecule has 1 unspecified atom stereocenters. The summed E-state index contributed by atoms with van der Waals surface area (Å²) in [6.45, 7) is 1.89. The number of nitrogens with two attached hydrogens (primary N) is 1. The molecule has 3 aromatic carbocycles. The molecule has 1 heterocycles. The molecule has 1 aliphatic heterocycles. The fourth-order valence-electron chi connectivity index (χ4n) is 3.71. The predicted octanol–water partition coefficient (Wildman–Crippen LogP) is 4.22. The van der Waals surface area contributed by atoms with Gasteiger partial charge < -0.3 is 19.9 Å². The van der Waals surface area contributed by atoms with Gasteiger partial charge in [-0.3, -0.25) is 0 Å². The Bertz CT molecular complexity index is 1320. The van der Waals surface area contributed by atoms with Gasteiger partial charge in [0.2, 0.25) is 5.88 Å². The van der Waals surface area contributed by atoms with Crippen LogP contribution < -0.4 is 15.2 Å². The first-order valence-corrected chi connectivity index (χ1v) is 10.1. The average molecular weight is 440 g/mol. The second-order valence-electron chi connectivity index (χ2n) is 7.50. The van der Waals surface area contributed by atoms with Crippen LogP contribution in [0, 0.1) is 18.3 Å². The highest BCUT2D eigenvalue weighted by Gasteiger charge is 2.31. The molecule has 0 aromatic heterocycles. The minimum absolute atomic E-state index is 0.0331. The van der Waals surface area contributed by atoms with Gasteiger partial charge >= 0.3 is 11.9 Å². The molecule has 33 heavy (non-hydrogen) atoms. The third kappa shape index (κ3) is 4.27. The number of hydrogen-bond acceptors (Lipinski definition) is 7. The third-order valence-electron chi connectivity index (χ3n) is 5.32. The summed E-state index contributed by atoms with van der Waals surface area (Å²) < 4.78 is 15.9. The maximum atomic E-state index is 12.5. The van der Waals surface area contributed by atoms with Crippen molar-refractivity contribution in [1.82, 2.24) is 0 Å². The highest BCUT2D eigenvalue weighted by atomic mass is 16.5. The Morgan fingerprint density at radius 2 is 1.76 bits per heavy atom. The van der Waals surface area contributed by atoms with E-state index in [0.717, 1.165) is 11.1 Å². The van der Waals surface area contributed by atoms with E-state index in [0.29, 0.717) is 22.4 Å². The number of allylic oxidation sites excluding steroid dienone is 1. The van der Waals surface area contributed by atoms with E-state index < -0.39 is 17.9 Å². The van der Waals surface area contributed by atoms with Crippen LogP contribution in [0.2, 0.25) is 0 Å². The summed E-state index contributed by atoms with van der Waals surface area (Å²) in [5, 5.41) is 9.71. The van der Waals surface area contributed by atoms with Crippen molar-refractivity contribution in [3.8, 4) is 17.6 Å². The number of methoxy groups -OCH3 is 1. The van der Waals surface area contributed by atoms with E-state index >= 15 is 0 Å². The van der Waals surface area contributed by atoms with Gasteiger partial charge in [0.05, 0.1) is 24.2 Å². The van der Waals surface area contributed by atoms with Gasteiger partial charge in [-0.1, -0.05) is 35.9 Å². The van der Waals surface area contributed by atoms with Crippen molar-refractivity contribution in [2.75, 3.05) is 7.11 Å². The van der Waals surface area contributed by atoms with Crippen LogP contribution in [0.1, 0.15) is 43.3 Å². The monoisotopic (exact) mass is 440 g/mol. The molecule has 1 atom stereocenters. The maximum absolute atomic E-state index is 12.5. The summed E-state index contributed by atoms with van der Waals surface area (Å²) in [7, 11) is 1.31. The quantitative estimate of drug-likeness (QED) is 0.477. The summed E-state index contributed by atoms with van der Waals surface area (Å²) >= 11 is 0. The maximum Gasteiger partial charge on any atom is 0.343 e. The first-order valence-electron chi connectivity index (χ1n) is 10.1. The number of fused-ring (bicyclic) bond motifs is 1. The topological polar surface area (TPSA) is 112 Å². The van der Waals surface area contributed by atoms with Crippen LogP contribution in [0.25, 0.3) is 0 Å². The third-order valence-corrected chi connectivity index (χ3v) is 5.32. The molecular formula is C26H20N2O5. The highest BCUT2D eigenvalue weighted by molar-refractivity contribution is 5.91. The van der Waals surface area contributed by atoms with E-state index in [4.69, 9.17) is 19.9 Å². The highest BCUT2D eigenvalue weighted by Crippen LogP contribution is 2.43. The van der Waals surface area contributed by atoms with E-state index in [-0.39, 0.29) is 17.2 Å². The molecule has 0 aliphatic carbocycles. The minimum atomic E-state index is -0.507. The molecule has 0 radical (unpaired) electrons. The second-order valence-corrected chi connectivity index (χ2v) is 7.50. The number of aryl methyl sites for hydroxylation is 1. The van der Waals surface area contributed by atoms with Gasteiger partial charge in [0.25, 0.3) is 0 Å². The lowest BCUT2D eigenvalue weighted by Crippen LogP contribution is -2.21. The largest absolute Gasteiger partial charge is 0.465 e. The zero-order valence-corrected chi connectivity index (χ0v) is 18.0. The molecule has 0 saturated heterocycles. The molecule has 3 aromatic rings. The molecule has 0 amide bonds. The van der Waals surface area contributed by atoms with Gasteiger partial charge in [-0.15, -0.1) is 0 Å². The summed E-state index contributed by atoms with van der Waals surface area (Å²) in [5.41, 5.74) is 9.49. The van der Waals surface area contributed by atoms with Gasteiger partial charge in [0.15, 0.2) is 0 Å². The van der Waals surface area contributed by atoms with Gasteiger partial charge in [-0.2, -0.15) is 5.26 Å². The molecular weight excluding hydrogens is 420 g/mol. The van der Waals surface area contributed by atoms with Gasteiger partial charge in [-0.05, 0) is 42.8 Å². The lowest BCUT2D eigenvalue weighted by atomic mass is 9.83. The van der Waals surface area contributed by atoms with E-state index in [1.54, 1.807) is 60.7 Å². The fourth-order valence-corrected chi connectivity index (χ4v) is 3.71. The first-order chi connectivity index (χ1) is 15.9. The number of carbonyl (C=O) groups excluding carboxylic acids is 2. The number of benzene rings is 3. The normalized spacial score (nSPS) is 14.5. The van der Waals surface area contributed by atoms with Crippen LogP contribution in [0.4, 0.5) is 0 Å². The Balaban J connectivity index is 1.68. The summed E-state index contributed by atoms with van der Waals surface area (Å²) in [6, 6.07) is 20.9. The van der Waals surface area contributed by atoms with Crippen molar-refractivity contribution >= 4 is 11.9 Å². The Kier molecular flexibility index (Phi) is 5.83. The first kappa shape index (κ1) is 21.7. The molecule has 1 aliphatic rings. The van der Waals surface area contributed by atoms with Crippen molar-refractivity contribution in [2.45, 2.75) is 12.8 Å². The number of nitriles is 1. The molecule has 164 valence electrons. The second kappa shape index (κ2) is 8.89. The predicted molar refractivity (Wildman–Crippen MR) is 120 cm³/mol. The number of esters is 2. The smallest absolute Gasteiger partial charge is 0.343 e. The molecule has 0 bridgehead atoms. The molecule has 2 N–H and O–H groups in total. The van der Waals surface area contributed by atoms with E-state index in [2.05, 4.69) is 6.07 Å². The summed E-state index contributed by atoms with van der Waals surface area (Å²) in [6.07, 6.45) is 0. The number of nitrogens with zero attached hydrogens (tertiary/aromatic N) is 1. The molecule has 0 fully saturated rings. The van der Waals surface area contributed by atoms with Crippen LogP contribution in [-0.2, 0) is 4.74 Å². The van der Waals surface area contributed by atoms with Crippen molar-refractivity contribution < 1.29 is 23.8 Å². The van der Waals surface area contributed by atoms with Gasteiger partial charge in [-0.25, -0.2) is 9.59 Å². The van der Waals surface area contributed by atoms with Crippen LogP contribution in [0.5, 0.6) is 11.5 Å². The van der Waals surface area contributed by atoms with E-state index in [1.165, 1.54) is 7.11 Å². The Hall–Kier alpha value is -4.57. The number of rotatable bonds is 4. The molecule has 7 heteroatoms. The zero-order chi connectivity index (χ0) is 23.5. The van der Waals surface area contributed by atoms with Crippen molar-refractivity contribution in [3.63, 3.8) is 0 Å². The standard InChI is InChI=1S/C26H20N2O5/c1-15-4-3-5-18(12-15)26(30)32-19-10-11-20-22(13-19)33-24(28)21(14-27)23(20)16-6-8-17(9-7-16)25(29)31-2/h3-13,23H,28H2,1-2H3. The van der Waals surface area contributed by atoms with Crippen molar-refractivity contribution in [2.24, 2.45) is 5.73 Å². The molecule has 4 rings (SSSR count). The van der Waals surface area contributed by atoms with Gasteiger partial charge in [0, 0.05) is 11.6 Å².